The first-order chi connectivity index (χ1) is 18.6. The maximum Gasteiger partial charge on any atom is 0.416 e. The van der Waals surface area contributed by atoms with Gasteiger partial charge in [0, 0.05) is 41.1 Å². The van der Waals surface area contributed by atoms with Crippen molar-refractivity contribution in [3.05, 3.63) is 113 Å². The number of hydrogen-bond donors (Lipinski definition) is 1. The van der Waals surface area contributed by atoms with Crippen LogP contribution in [0.5, 0.6) is 0 Å². The van der Waals surface area contributed by atoms with Crippen LogP contribution in [0.1, 0.15) is 53.0 Å². The zero-order valence-electron chi connectivity index (χ0n) is 21.7. The molecule has 2 heterocycles. The second-order valence-electron chi connectivity index (χ2n) is 8.86. The van der Waals surface area contributed by atoms with Gasteiger partial charge in [0.05, 0.1) is 11.8 Å². The molecule has 1 N–H and O–H groups in total. The molecule has 9 heteroatoms. The van der Waals surface area contributed by atoms with Crippen molar-refractivity contribution >= 4 is 22.9 Å². The Bertz CT molecular complexity index is 1640. The third-order valence-electron chi connectivity index (χ3n) is 6.02. The Morgan fingerprint density at radius 3 is 2.69 bits per heavy atom. The van der Waals surface area contributed by atoms with Gasteiger partial charge in [-0.15, -0.1) is 0 Å². The molecule has 0 saturated carbocycles. The Kier molecular flexibility index (Phi) is 7.86. The zero-order valence-corrected chi connectivity index (χ0v) is 21.7. The van der Waals surface area contributed by atoms with E-state index in [9.17, 15) is 18.0 Å². The quantitative estimate of drug-likeness (QED) is 0.274. The summed E-state index contributed by atoms with van der Waals surface area (Å²) in [5.74, 6) is 5.50. The van der Waals surface area contributed by atoms with Gasteiger partial charge in [0.25, 0.3) is 5.91 Å². The molecule has 0 unspecified atom stereocenters. The monoisotopic (exact) mass is 529 g/mol. The number of nitrogens with one attached hydrogen (secondary N) is 1. The molecule has 0 saturated heterocycles. The molecular formula is C30H26F3N5O. The van der Waals surface area contributed by atoms with Gasteiger partial charge in [0.15, 0.2) is 5.65 Å². The average Bonchev–Trinajstić information content (AvgIpc) is 3.33. The number of carbonyl (C=O) groups is 1. The lowest BCUT2D eigenvalue weighted by Crippen LogP contribution is -2.15. The number of benzene rings is 2. The Morgan fingerprint density at radius 1 is 1.18 bits per heavy atom. The van der Waals surface area contributed by atoms with E-state index in [4.69, 9.17) is 0 Å². The molecule has 1 amide bonds. The standard InChI is InChI=1S/C30H26F3N5O/c1-5-20(3)19-37(6-2)27-16-24(30(31,32)33)15-25(17-27)36-29(39)23-10-9-21(4)22(14-23)11-12-26-18-34-28-8-7-13-35-38(26)28/h6-10,13-19H,2,5H2,1,3-4H3,(H,36,39)/b20-19+. The second-order valence-corrected chi connectivity index (χ2v) is 8.86. The molecule has 0 aliphatic heterocycles. The van der Waals surface area contributed by atoms with Gasteiger partial charge in [-0.1, -0.05) is 31.1 Å². The average molecular weight is 530 g/mol. The second kappa shape index (κ2) is 11.3. The van der Waals surface area contributed by atoms with E-state index in [1.807, 2.05) is 26.8 Å². The molecule has 0 aliphatic carbocycles. The third kappa shape index (κ3) is 6.36. The van der Waals surface area contributed by atoms with Crippen LogP contribution in [0.4, 0.5) is 24.5 Å². The van der Waals surface area contributed by atoms with E-state index < -0.39 is 17.6 Å². The fourth-order valence-corrected chi connectivity index (χ4v) is 3.70. The Morgan fingerprint density at radius 2 is 1.97 bits per heavy atom. The smallest absolute Gasteiger partial charge is 0.324 e. The number of alkyl halides is 3. The SMILES string of the molecule is C=CN(/C=C(\C)CC)c1cc(NC(=O)c2ccc(C)c(C#Cc3cnc4cccnn34)c2)cc(C(F)(F)F)c1. The molecule has 4 rings (SSSR count). The Hall–Kier alpha value is -4.84. The van der Waals surface area contributed by atoms with Crippen LogP contribution in [0.3, 0.4) is 0 Å². The van der Waals surface area contributed by atoms with E-state index in [-0.39, 0.29) is 16.9 Å². The van der Waals surface area contributed by atoms with Crippen LogP contribution in [0.15, 0.2) is 85.5 Å². The van der Waals surface area contributed by atoms with Crippen LogP contribution < -0.4 is 10.2 Å². The van der Waals surface area contributed by atoms with E-state index in [2.05, 4.69) is 33.8 Å². The number of rotatable bonds is 6. The molecule has 0 bridgehead atoms. The minimum Gasteiger partial charge on any atom is -0.324 e. The van der Waals surface area contributed by atoms with Crippen molar-refractivity contribution in [2.45, 2.75) is 33.4 Å². The number of carbonyl (C=O) groups excluding carboxylic acids is 1. The highest BCUT2D eigenvalue weighted by atomic mass is 19.4. The van der Waals surface area contributed by atoms with Crippen molar-refractivity contribution in [1.29, 1.82) is 0 Å². The number of hydrogen-bond acceptors (Lipinski definition) is 4. The number of halogens is 3. The van der Waals surface area contributed by atoms with Crippen LogP contribution in [0.2, 0.25) is 0 Å². The van der Waals surface area contributed by atoms with Crippen LogP contribution in [0.25, 0.3) is 5.65 Å². The zero-order chi connectivity index (χ0) is 28.2. The minimum absolute atomic E-state index is 0.00393. The maximum absolute atomic E-state index is 13.7. The van der Waals surface area contributed by atoms with Gasteiger partial charge in [0.1, 0.15) is 5.69 Å². The minimum atomic E-state index is -4.61. The van der Waals surface area contributed by atoms with Gasteiger partial charge in [-0.3, -0.25) is 4.79 Å². The van der Waals surface area contributed by atoms with E-state index >= 15 is 0 Å². The highest BCUT2D eigenvalue weighted by Gasteiger charge is 2.32. The summed E-state index contributed by atoms with van der Waals surface area (Å²) in [5.41, 5.74) is 3.20. The van der Waals surface area contributed by atoms with Crippen molar-refractivity contribution in [2.24, 2.45) is 0 Å². The Balaban J connectivity index is 1.65. The number of fused-ring (bicyclic) bond motifs is 1. The van der Waals surface area contributed by atoms with Crippen molar-refractivity contribution < 1.29 is 18.0 Å². The number of nitrogens with zero attached hydrogens (tertiary/aromatic N) is 4. The normalized spacial score (nSPS) is 11.6. The fraction of sp³-hybridized carbons (Fsp3) is 0.167. The molecule has 0 spiro atoms. The number of aryl methyl sites for hydroxylation is 1. The molecular weight excluding hydrogens is 503 g/mol. The van der Waals surface area contributed by atoms with Crippen LogP contribution in [0, 0.1) is 18.8 Å². The van der Waals surface area contributed by atoms with Crippen molar-refractivity contribution in [3.8, 4) is 11.8 Å². The predicted molar refractivity (Wildman–Crippen MR) is 146 cm³/mol. The molecule has 39 heavy (non-hydrogen) atoms. The lowest BCUT2D eigenvalue weighted by Gasteiger charge is -2.20. The largest absolute Gasteiger partial charge is 0.416 e. The summed E-state index contributed by atoms with van der Waals surface area (Å²) in [5, 5.41) is 6.84. The fourth-order valence-electron chi connectivity index (χ4n) is 3.70. The molecule has 198 valence electrons. The van der Waals surface area contributed by atoms with Crippen molar-refractivity contribution in [3.63, 3.8) is 0 Å². The van der Waals surface area contributed by atoms with Gasteiger partial charge in [-0.05, 0) is 74.2 Å². The molecule has 0 atom stereocenters. The van der Waals surface area contributed by atoms with E-state index in [0.29, 0.717) is 16.9 Å². The molecule has 0 fully saturated rings. The number of anilines is 2. The maximum atomic E-state index is 13.7. The molecule has 2 aromatic heterocycles. The van der Waals surface area contributed by atoms with E-state index in [1.165, 1.54) is 17.2 Å². The number of aromatic nitrogens is 3. The van der Waals surface area contributed by atoms with Gasteiger partial charge < -0.3 is 10.2 Å². The van der Waals surface area contributed by atoms with Gasteiger partial charge in [-0.2, -0.15) is 18.3 Å². The molecule has 2 aromatic carbocycles. The molecule has 6 nitrogen and oxygen atoms in total. The molecule has 0 radical (unpaired) electrons. The summed E-state index contributed by atoms with van der Waals surface area (Å²) in [7, 11) is 0. The lowest BCUT2D eigenvalue weighted by atomic mass is 10.0. The predicted octanol–water partition coefficient (Wildman–Crippen LogP) is 6.97. The highest BCUT2D eigenvalue weighted by molar-refractivity contribution is 6.04. The van der Waals surface area contributed by atoms with Gasteiger partial charge in [-0.25, -0.2) is 9.50 Å². The van der Waals surface area contributed by atoms with Crippen molar-refractivity contribution in [1.82, 2.24) is 14.6 Å². The van der Waals surface area contributed by atoms with E-state index in [1.54, 1.807) is 47.4 Å². The van der Waals surface area contributed by atoms with Crippen LogP contribution in [-0.2, 0) is 6.18 Å². The van der Waals surface area contributed by atoms with Gasteiger partial charge >= 0.3 is 6.18 Å². The van der Waals surface area contributed by atoms with Crippen LogP contribution in [-0.4, -0.2) is 20.5 Å². The number of allylic oxidation sites excluding steroid dienone is 1. The summed E-state index contributed by atoms with van der Waals surface area (Å²) in [6.45, 7) is 9.39. The van der Waals surface area contributed by atoms with Crippen LogP contribution >= 0.6 is 0 Å². The summed E-state index contributed by atoms with van der Waals surface area (Å²) in [4.78, 5) is 18.9. The molecule has 4 aromatic rings. The first kappa shape index (κ1) is 27.2. The topological polar surface area (TPSA) is 62.5 Å². The Labute approximate surface area is 224 Å². The first-order valence-electron chi connectivity index (χ1n) is 12.1. The highest BCUT2D eigenvalue weighted by Crippen LogP contribution is 2.35. The summed E-state index contributed by atoms with van der Waals surface area (Å²) in [6.07, 6.45) is 2.48. The first-order valence-corrected chi connectivity index (χ1v) is 12.1. The van der Waals surface area contributed by atoms with Gasteiger partial charge in [0.2, 0.25) is 0 Å². The summed E-state index contributed by atoms with van der Waals surface area (Å²) >= 11 is 0. The number of imidazole rings is 1. The lowest BCUT2D eigenvalue weighted by molar-refractivity contribution is -0.137. The summed E-state index contributed by atoms with van der Waals surface area (Å²) < 4.78 is 42.7. The molecule has 0 aliphatic rings. The number of amides is 1. The van der Waals surface area contributed by atoms with Crippen molar-refractivity contribution in [2.75, 3.05) is 10.2 Å². The summed E-state index contributed by atoms with van der Waals surface area (Å²) in [6, 6.07) is 11.9. The third-order valence-corrected chi connectivity index (χ3v) is 6.02. The van der Waals surface area contributed by atoms with E-state index in [0.717, 1.165) is 29.7 Å².